The van der Waals surface area contributed by atoms with Crippen LogP contribution >= 0.6 is 11.6 Å². The summed E-state index contributed by atoms with van der Waals surface area (Å²) in [6, 6.07) is 19.0. The van der Waals surface area contributed by atoms with Crippen LogP contribution in [0.15, 0.2) is 71.1 Å². The summed E-state index contributed by atoms with van der Waals surface area (Å²) in [6.07, 6.45) is 0.723. The molecule has 180 valence electrons. The minimum Gasteiger partial charge on any atom is -0.468 e. The summed E-state index contributed by atoms with van der Waals surface area (Å²) in [6.45, 7) is 4.19. The number of furan rings is 1. The van der Waals surface area contributed by atoms with Gasteiger partial charge in [-0.15, -0.1) is 0 Å². The van der Waals surface area contributed by atoms with Gasteiger partial charge in [-0.2, -0.15) is 0 Å². The Labute approximate surface area is 205 Å². The SMILES string of the molecule is COC(=O)C(Cc1ccc(-c2cccc(Cl)c2)o1)N[C@@H](CC(C)C)C(=O)OCc1ccccc1. The number of nitrogens with one attached hydrogen (secondary N) is 1. The predicted molar refractivity (Wildman–Crippen MR) is 131 cm³/mol. The molecule has 0 saturated heterocycles. The van der Waals surface area contributed by atoms with E-state index in [-0.39, 0.29) is 18.9 Å². The molecule has 6 nitrogen and oxygen atoms in total. The van der Waals surface area contributed by atoms with Gasteiger partial charge < -0.3 is 13.9 Å². The molecule has 1 unspecified atom stereocenters. The van der Waals surface area contributed by atoms with Crippen LogP contribution in [0.5, 0.6) is 0 Å². The Morgan fingerprint density at radius 1 is 0.971 bits per heavy atom. The molecule has 0 bridgehead atoms. The number of esters is 2. The molecule has 7 heteroatoms. The quantitative estimate of drug-likeness (QED) is 0.366. The normalized spacial score (nSPS) is 12.9. The number of hydrogen-bond donors (Lipinski definition) is 1. The Balaban J connectivity index is 1.72. The van der Waals surface area contributed by atoms with E-state index in [4.69, 9.17) is 25.5 Å². The Morgan fingerprint density at radius 3 is 2.41 bits per heavy atom. The van der Waals surface area contributed by atoms with Crippen molar-refractivity contribution in [1.82, 2.24) is 5.32 Å². The summed E-state index contributed by atoms with van der Waals surface area (Å²) in [4.78, 5) is 25.5. The Bertz CT molecular complexity index is 1080. The number of carbonyl (C=O) groups excluding carboxylic acids is 2. The summed E-state index contributed by atoms with van der Waals surface area (Å²) >= 11 is 6.08. The molecular formula is C27H30ClNO5. The zero-order valence-electron chi connectivity index (χ0n) is 19.6. The zero-order chi connectivity index (χ0) is 24.5. The second kappa shape index (κ2) is 12.4. The fourth-order valence-corrected chi connectivity index (χ4v) is 3.80. The first-order valence-electron chi connectivity index (χ1n) is 11.2. The number of hydrogen-bond acceptors (Lipinski definition) is 6. The number of benzene rings is 2. The van der Waals surface area contributed by atoms with E-state index in [9.17, 15) is 9.59 Å². The highest BCUT2D eigenvalue weighted by Gasteiger charge is 2.30. The van der Waals surface area contributed by atoms with Crippen molar-refractivity contribution >= 4 is 23.5 Å². The molecule has 0 spiro atoms. The highest BCUT2D eigenvalue weighted by molar-refractivity contribution is 6.30. The minimum atomic E-state index is -0.781. The van der Waals surface area contributed by atoms with Crippen LogP contribution in [0.1, 0.15) is 31.6 Å². The third-order valence-electron chi connectivity index (χ3n) is 5.28. The highest BCUT2D eigenvalue weighted by atomic mass is 35.5. The molecule has 3 aromatic rings. The summed E-state index contributed by atoms with van der Waals surface area (Å²) < 4.78 is 16.5. The van der Waals surface area contributed by atoms with Gasteiger partial charge in [0.1, 0.15) is 30.2 Å². The van der Waals surface area contributed by atoms with Gasteiger partial charge in [0.15, 0.2) is 0 Å². The van der Waals surface area contributed by atoms with Gasteiger partial charge in [0.25, 0.3) is 0 Å². The number of ether oxygens (including phenoxy) is 2. The predicted octanol–water partition coefficient (Wildman–Crippen LogP) is 5.43. The van der Waals surface area contributed by atoms with E-state index in [1.165, 1.54) is 7.11 Å². The van der Waals surface area contributed by atoms with Gasteiger partial charge in [0.05, 0.1) is 7.11 Å². The topological polar surface area (TPSA) is 77.8 Å². The lowest BCUT2D eigenvalue weighted by Gasteiger charge is -2.24. The Kier molecular flexibility index (Phi) is 9.31. The van der Waals surface area contributed by atoms with E-state index in [2.05, 4.69) is 5.32 Å². The fourth-order valence-electron chi connectivity index (χ4n) is 3.61. The van der Waals surface area contributed by atoms with E-state index >= 15 is 0 Å². The van der Waals surface area contributed by atoms with Crippen molar-refractivity contribution < 1.29 is 23.5 Å². The molecule has 0 amide bonds. The van der Waals surface area contributed by atoms with Gasteiger partial charge in [0.2, 0.25) is 0 Å². The molecule has 1 N–H and O–H groups in total. The highest BCUT2D eigenvalue weighted by Crippen LogP contribution is 2.25. The second-order valence-electron chi connectivity index (χ2n) is 8.50. The number of methoxy groups -OCH3 is 1. The number of carbonyl (C=O) groups is 2. The van der Waals surface area contributed by atoms with E-state index < -0.39 is 24.0 Å². The molecule has 3 rings (SSSR count). The number of rotatable bonds is 11. The standard InChI is InChI=1S/C27H30ClNO5/c1-18(2)14-23(27(31)33-17-19-8-5-4-6-9-19)29-24(26(30)32-3)16-22-12-13-25(34-22)20-10-7-11-21(28)15-20/h4-13,15,18,23-24,29H,14,16-17H2,1-3H3/t23-,24?/m0/s1. The van der Waals surface area contributed by atoms with Crippen LogP contribution in [0.2, 0.25) is 5.02 Å². The van der Waals surface area contributed by atoms with Gasteiger partial charge in [-0.25, -0.2) is 0 Å². The average molecular weight is 484 g/mol. The third-order valence-corrected chi connectivity index (χ3v) is 5.51. The maximum Gasteiger partial charge on any atom is 0.323 e. The van der Waals surface area contributed by atoms with Crippen molar-refractivity contribution in [2.75, 3.05) is 7.11 Å². The van der Waals surface area contributed by atoms with E-state index in [1.807, 2.05) is 68.4 Å². The van der Waals surface area contributed by atoms with Crippen molar-refractivity contribution in [2.24, 2.45) is 5.92 Å². The van der Waals surface area contributed by atoms with Gasteiger partial charge in [-0.1, -0.05) is 67.9 Å². The van der Waals surface area contributed by atoms with Crippen molar-refractivity contribution in [3.63, 3.8) is 0 Å². The lowest BCUT2D eigenvalue weighted by atomic mass is 10.0. The third kappa shape index (κ3) is 7.47. The average Bonchev–Trinajstić information content (AvgIpc) is 3.30. The molecule has 2 aromatic carbocycles. The first-order chi connectivity index (χ1) is 16.4. The van der Waals surface area contributed by atoms with Crippen LogP contribution in [0.25, 0.3) is 11.3 Å². The summed E-state index contributed by atoms with van der Waals surface area (Å²) in [7, 11) is 1.32. The Morgan fingerprint density at radius 2 is 1.74 bits per heavy atom. The molecule has 2 atom stereocenters. The minimum absolute atomic E-state index is 0.167. The van der Waals surface area contributed by atoms with Gasteiger partial charge in [-0.3, -0.25) is 14.9 Å². The van der Waals surface area contributed by atoms with Crippen LogP contribution in [0.4, 0.5) is 0 Å². The van der Waals surface area contributed by atoms with Crippen molar-refractivity contribution in [1.29, 1.82) is 0 Å². The van der Waals surface area contributed by atoms with Crippen molar-refractivity contribution in [2.45, 2.75) is 45.4 Å². The number of halogens is 1. The van der Waals surface area contributed by atoms with Crippen LogP contribution in [0, 0.1) is 5.92 Å². The van der Waals surface area contributed by atoms with Crippen LogP contribution in [-0.4, -0.2) is 31.1 Å². The van der Waals surface area contributed by atoms with Crippen LogP contribution in [-0.2, 0) is 32.1 Å². The van der Waals surface area contributed by atoms with Crippen LogP contribution < -0.4 is 5.32 Å². The van der Waals surface area contributed by atoms with Gasteiger partial charge >= 0.3 is 11.9 Å². The molecule has 0 aliphatic heterocycles. The monoisotopic (exact) mass is 483 g/mol. The lowest BCUT2D eigenvalue weighted by molar-refractivity contribution is -0.149. The molecule has 0 aliphatic rings. The van der Waals surface area contributed by atoms with Crippen LogP contribution in [0.3, 0.4) is 0 Å². The van der Waals surface area contributed by atoms with E-state index in [1.54, 1.807) is 12.1 Å². The molecular weight excluding hydrogens is 454 g/mol. The first kappa shape index (κ1) is 25.5. The summed E-state index contributed by atoms with van der Waals surface area (Å²) in [5.74, 6) is 0.537. The van der Waals surface area contributed by atoms with Gasteiger partial charge in [0, 0.05) is 17.0 Å². The molecule has 0 saturated carbocycles. The molecule has 1 aromatic heterocycles. The van der Waals surface area contributed by atoms with E-state index in [0.29, 0.717) is 23.0 Å². The zero-order valence-corrected chi connectivity index (χ0v) is 20.4. The second-order valence-corrected chi connectivity index (χ2v) is 8.93. The molecule has 34 heavy (non-hydrogen) atoms. The summed E-state index contributed by atoms with van der Waals surface area (Å²) in [5, 5.41) is 3.76. The van der Waals surface area contributed by atoms with Crippen molar-refractivity contribution in [3.05, 3.63) is 83.1 Å². The molecule has 0 radical (unpaired) electrons. The first-order valence-corrected chi connectivity index (χ1v) is 11.6. The molecule has 0 aliphatic carbocycles. The smallest absolute Gasteiger partial charge is 0.323 e. The largest absolute Gasteiger partial charge is 0.468 e. The van der Waals surface area contributed by atoms with Crippen molar-refractivity contribution in [3.8, 4) is 11.3 Å². The summed E-state index contributed by atoms with van der Waals surface area (Å²) in [5.41, 5.74) is 1.73. The molecule has 0 fully saturated rings. The maximum absolute atomic E-state index is 12.9. The van der Waals surface area contributed by atoms with E-state index in [0.717, 1.165) is 11.1 Å². The maximum atomic E-state index is 12.9. The Hall–Kier alpha value is -3.09. The van der Waals surface area contributed by atoms with Gasteiger partial charge in [-0.05, 0) is 42.2 Å². The lowest BCUT2D eigenvalue weighted by Crippen LogP contribution is -2.49. The fraction of sp³-hybridized carbons (Fsp3) is 0.333. The molecule has 1 heterocycles.